The second-order valence-electron chi connectivity index (χ2n) is 4.61. The van der Waals surface area contributed by atoms with E-state index >= 15 is 0 Å². The van der Waals surface area contributed by atoms with Crippen LogP contribution < -0.4 is 5.32 Å². The molecule has 2 rings (SSSR count). The SMILES string of the molecule is CSC(=Nc1ccc(CSc2ccccc2C(=O)O)cc1)NC#N. The molecule has 0 unspecified atom stereocenters. The molecular weight excluding hydrogens is 342 g/mol. The Morgan fingerprint density at radius 1 is 1.25 bits per heavy atom. The lowest BCUT2D eigenvalue weighted by Crippen LogP contribution is -2.12. The van der Waals surface area contributed by atoms with Crippen LogP contribution in [0.1, 0.15) is 15.9 Å². The lowest BCUT2D eigenvalue weighted by Gasteiger charge is -2.06. The minimum atomic E-state index is -0.919. The second kappa shape index (κ2) is 9.01. The summed E-state index contributed by atoms with van der Waals surface area (Å²) >= 11 is 2.85. The summed E-state index contributed by atoms with van der Waals surface area (Å²) in [6.07, 6.45) is 3.69. The van der Waals surface area contributed by atoms with Crippen LogP contribution in [0.4, 0.5) is 5.69 Å². The summed E-state index contributed by atoms with van der Waals surface area (Å²) in [5.74, 6) is -0.252. The van der Waals surface area contributed by atoms with E-state index in [4.69, 9.17) is 5.26 Å². The average molecular weight is 357 g/mol. The van der Waals surface area contributed by atoms with Crippen molar-refractivity contribution in [2.24, 2.45) is 4.99 Å². The zero-order chi connectivity index (χ0) is 17.4. The highest BCUT2D eigenvalue weighted by Gasteiger charge is 2.09. The van der Waals surface area contributed by atoms with Gasteiger partial charge in [-0.1, -0.05) is 36.0 Å². The lowest BCUT2D eigenvalue weighted by atomic mass is 10.2. The van der Waals surface area contributed by atoms with Crippen molar-refractivity contribution in [3.8, 4) is 6.19 Å². The molecule has 2 N–H and O–H groups in total. The molecule has 0 amide bonds. The van der Waals surface area contributed by atoms with Crippen LogP contribution in [0, 0.1) is 11.5 Å². The fourth-order valence-corrected chi connectivity index (χ4v) is 3.23. The van der Waals surface area contributed by atoms with Gasteiger partial charge in [0.25, 0.3) is 0 Å². The third-order valence-electron chi connectivity index (χ3n) is 3.03. The quantitative estimate of drug-likeness (QED) is 0.275. The molecule has 0 aromatic heterocycles. The third-order valence-corrected chi connectivity index (χ3v) is 4.76. The Hall–Kier alpha value is -2.43. The van der Waals surface area contributed by atoms with Crippen molar-refractivity contribution in [1.82, 2.24) is 5.32 Å². The molecule has 24 heavy (non-hydrogen) atoms. The first kappa shape index (κ1) is 17.9. The van der Waals surface area contributed by atoms with Crippen LogP contribution in [0.3, 0.4) is 0 Å². The Kier molecular flexibility index (Phi) is 6.73. The van der Waals surface area contributed by atoms with Crippen molar-refractivity contribution in [1.29, 1.82) is 5.26 Å². The maximum Gasteiger partial charge on any atom is 0.336 e. The predicted molar refractivity (Wildman–Crippen MR) is 98.8 cm³/mol. The number of nitrogens with one attached hydrogen (secondary N) is 1. The van der Waals surface area contributed by atoms with E-state index in [0.29, 0.717) is 16.5 Å². The fraction of sp³-hybridized carbons (Fsp3) is 0.118. The van der Waals surface area contributed by atoms with Crippen LogP contribution in [-0.2, 0) is 5.75 Å². The van der Waals surface area contributed by atoms with Crippen LogP contribution in [0.15, 0.2) is 58.4 Å². The molecule has 7 heteroatoms. The number of benzene rings is 2. The highest BCUT2D eigenvalue weighted by molar-refractivity contribution is 8.13. The number of rotatable bonds is 5. The lowest BCUT2D eigenvalue weighted by molar-refractivity contribution is 0.0693. The Morgan fingerprint density at radius 3 is 2.58 bits per heavy atom. The standard InChI is InChI=1S/C17H15N3O2S2/c1-23-17(19-11-18)20-13-8-6-12(7-9-13)10-24-15-5-3-2-4-14(15)16(21)22/h2-9H,10H2,1H3,(H,19,20)(H,21,22). The molecule has 0 bridgehead atoms. The van der Waals surface area contributed by atoms with Gasteiger partial charge < -0.3 is 5.11 Å². The number of hydrogen-bond donors (Lipinski definition) is 2. The zero-order valence-corrected chi connectivity index (χ0v) is 14.5. The van der Waals surface area contributed by atoms with Crippen LogP contribution in [0.2, 0.25) is 0 Å². The smallest absolute Gasteiger partial charge is 0.336 e. The summed E-state index contributed by atoms with van der Waals surface area (Å²) in [5.41, 5.74) is 2.13. The Morgan fingerprint density at radius 2 is 1.96 bits per heavy atom. The van der Waals surface area contributed by atoms with Crippen molar-refractivity contribution >= 4 is 40.3 Å². The molecule has 5 nitrogen and oxygen atoms in total. The van der Waals surface area contributed by atoms with E-state index in [1.54, 1.807) is 12.1 Å². The van der Waals surface area contributed by atoms with Gasteiger partial charge in [0.15, 0.2) is 11.4 Å². The molecule has 0 aliphatic rings. The number of aliphatic imine (C=N–C) groups is 1. The van der Waals surface area contributed by atoms with Crippen molar-refractivity contribution < 1.29 is 9.90 Å². The van der Waals surface area contributed by atoms with Crippen LogP contribution in [0.25, 0.3) is 0 Å². The van der Waals surface area contributed by atoms with E-state index in [0.717, 1.165) is 16.1 Å². The zero-order valence-electron chi connectivity index (χ0n) is 12.9. The number of carboxylic acid groups (broad SMARTS) is 1. The largest absolute Gasteiger partial charge is 0.478 e. The van der Waals surface area contributed by atoms with Gasteiger partial charge in [-0.3, -0.25) is 5.32 Å². The third kappa shape index (κ3) is 5.05. The minimum Gasteiger partial charge on any atom is -0.478 e. The summed E-state index contributed by atoms with van der Waals surface area (Å²) < 4.78 is 0. The van der Waals surface area contributed by atoms with E-state index in [1.807, 2.05) is 48.8 Å². The maximum absolute atomic E-state index is 11.2. The van der Waals surface area contributed by atoms with E-state index in [9.17, 15) is 9.90 Å². The predicted octanol–water partition coefficient (Wildman–Crippen LogP) is 4.10. The highest BCUT2D eigenvalue weighted by atomic mass is 32.2. The summed E-state index contributed by atoms with van der Waals surface area (Å²) in [7, 11) is 0. The van der Waals surface area contributed by atoms with Crippen LogP contribution >= 0.6 is 23.5 Å². The molecule has 0 aliphatic heterocycles. The number of hydrogen-bond acceptors (Lipinski definition) is 5. The highest BCUT2D eigenvalue weighted by Crippen LogP contribution is 2.27. The molecule has 0 saturated carbocycles. The van der Waals surface area contributed by atoms with Crippen LogP contribution in [0.5, 0.6) is 0 Å². The molecule has 2 aromatic rings. The number of carbonyl (C=O) groups is 1. The van der Waals surface area contributed by atoms with E-state index in [2.05, 4.69) is 10.3 Å². The molecule has 0 heterocycles. The molecule has 0 radical (unpaired) electrons. The van der Waals surface area contributed by atoms with E-state index in [1.165, 1.54) is 23.5 Å². The van der Waals surface area contributed by atoms with Gasteiger partial charge in [0.2, 0.25) is 0 Å². The van der Waals surface area contributed by atoms with Gasteiger partial charge >= 0.3 is 5.97 Å². The summed E-state index contributed by atoms with van der Waals surface area (Å²) in [5, 5.41) is 20.9. The monoisotopic (exact) mass is 357 g/mol. The molecule has 2 aromatic carbocycles. The first-order valence-corrected chi connectivity index (χ1v) is 9.17. The number of thioether (sulfide) groups is 2. The fourth-order valence-electron chi connectivity index (χ4n) is 1.89. The Balaban J connectivity index is 2.05. The van der Waals surface area contributed by atoms with E-state index < -0.39 is 5.97 Å². The summed E-state index contributed by atoms with van der Waals surface area (Å²) in [6, 6.07) is 14.6. The second-order valence-corrected chi connectivity index (χ2v) is 6.43. The van der Waals surface area contributed by atoms with Crippen LogP contribution in [-0.4, -0.2) is 22.5 Å². The van der Waals surface area contributed by atoms with Gasteiger partial charge in [-0.15, -0.1) is 11.8 Å². The van der Waals surface area contributed by atoms with Crippen molar-refractivity contribution in [3.63, 3.8) is 0 Å². The topological polar surface area (TPSA) is 85.5 Å². The number of aromatic carboxylic acids is 1. The number of nitrogens with zero attached hydrogens (tertiary/aromatic N) is 2. The molecular formula is C17H15N3O2S2. The normalized spacial score (nSPS) is 10.9. The van der Waals surface area contributed by atoms with Gasteiger partial charge in [0.1, 0.15) is 0 Å². The first-order valence-electron chi connectivity index (χ1n) is 6.96. The molecule has 0 spiro atoms. The Labute approximate surface area is 148 Å². The molecule has 0 saturated heterocycles. The Bertz CT molecular complexity index is 783. The van der Waals surface area contributed by atoms with Crippen molar-refractivity contribution in [3.05, 3.63) is 59.7 Å². The number of carboxylic acids is 1. The van der Waals surface area contributed by atoms with Crippen molar-refractivity contribution in [2.75, 3.05) is 6.26 Å². The van der Waals surface area contributed by atoms with E-state index in [-0.39, 0.29) is 0 Å². The summed E-state index contributed by atoms with van der Waals surface area (Å²) in [4.78, 5) is 16.3. The molecule has 0 aliphatic carbocycles. The molecule has 0 fully saturated rings. The van der Waals surface area contributed by atoms with Gasteiger partial charge in [0.05, 0.1) is 11.3 Å². The average Bonchev–Trinajstić information content (AvgIpc) is 2.60. The van der Waals surface area contributed by atoms with Crippen molar-refractivity contribution in [2.45, 2.75) is 10.6 Å². The minimum absolute atomic E-state index is 0.316. The molecule has 122 valence electrons. The number of amidine groups is 1. The number of nitriles is 1. The van der Waals surface area contributed by atoms with Gasteiger partial charge in [0, 0.05) is 10.6 Å². The molecule has 0 atom stereocenters. The first-order chi connectivity index (χ1) is 11.6. The van der Waals surface area contributed by atoms with Gasteiger partial charge in [-0.2, -0.15) is 5.26 Å². The maximum atomic E-state index is 11.2. The summed E-state index contributed by atoms with van der Waals surface area (Å²) in [6.45, 7) is 0. The van der Waals surface area contributed by atoms with Gasteiger partial charge in [-0.05, 0) is 36.1 Å². The van der Waals surface area contributed by atoms with Gasteiger partial charge in [-0.25, -0.2) is 9.79 Å².